The van der Waals surface area contributed by atoms with Crippen molar-refractivity contribution in [1.29, 1.82) is 0 Å². The van der Waals surface area contributed by atoms with Crippen LogP contribution in [0.5, 0.6) is 5.75 Å². The predicted molar refractivity (Wildman–Crippen MR) is 234 cm³/mol. The summed E-state index contributed by atoms with van der Waals surface area (Å²) in [6, 6.07) is -5.65. The fourth-order valence-corrected chi connectivity index (χ4v) is 6.03. The van der Waals surface area contributed by atoms with Crippen molar-refractivity contribution in [2.24, 2.45) is 23.5 Å². The summed E-state index contributed by atoms with van der Waals surface area (Å²) < 4.78 is 0. The van der Waals surface area contributed by atoms with E-state index in [4.69, 9.17) is 10.8 Å². The minimum Gasteiger partial charge on any atom is -0.508 e. The normalized spacial score (nSPS) is 15.5. The quantitative estimate of drug-likeness (QED) is 0.0416. The molecule has 0 aliphatic rings. The molecule has 0 spiro atoms. The molecule has 0 aliphatic carbocycles. The van der Waals surface area contributed by atoms with Gasteiger partial charge in [0.05, 0.1) is 25.4 Å². The van der Waals surface area contributed by atoms with Gasteiger partial charge in [0.25, 0.3) is 0 Å². The number of benzene rings is 1. The van der Waals surface area contributed by atoms with Crippen LogP contribution >= 0.6 is 0 Å². The highest BCUT2D eigenvalue weighted by Crippen LogP contribution is 2.14. The first kappa shape index (κ1) is 57.2. The van der Waals surface area contributed by atoms with E-state index >= 15 is 0 Å². The maximum Gasteiger partial charge on any atom is 0.326 e. The molecule has 14 N–H and O–H groups in total. The SMILES string of the molecule is CC[C@H](C)[C@H](NC(=O)CNC(=O)[C@H](C)NC(=O)[C@@H](NC(=O)[C@@H](N)CC(=O)O)C(C)C)C(=O)N[C@H](C(=O)N[C@@H](C)C(=O)N[C@@H](CC(=O)O)C(=O)N[C@@H](Cc1ccc(O)cc1)C(=O)O)[C@@H](C)CC. The molecular formula is C42H65N9O15. The van der Waals surface area contributed by atoms with Gasteiger partial charge in [-0.25, -0.2) is 4.79 Å². The molecule has 368 valence electrons. The van der Waals surface area contributed by atoms with Gasteiger partial charge in [0.1, 0.15) is 48.0 Å². The number of rotatable bonds is 28. The van der Waals surface area contributed by atoms with Crippen molar-refractivity contribution in [3.8, 4) is 5.75 Å². The van der Waals surface area contributed by atoms with E-state index < -0.39 is 151 Å². The van der Waals surface area contributed by atoms with Gasteiger partial charge in [-0.15, -0.1) is 0 Å². The number of nitrogens with two attached hydrogens (primary N) is 1. The van der Waals surface area contributed by atoms with Crippen LogP contribution in [0.1, 0.15) is 86.6 Å². The van der Waals surface area contributed by atoms with Crippen molar-refractivity contribution in [2.75, 3.05) is 6.54 Å². The minimum absolute atomic E-state index is 0.0794. The lowest BCUT2D eigenvalue weighted by atomic mass is 9.94. The van der Waals surface area contributed by atoms with E-state index in [0.717, 1.165) is 0 Å². The topological polar surface area (TPSA) is 391 Å². The number of nitrogens with one attached hydrogen (secondary N) is 8. The first-order chi connectivity index (χ1) is 30.7. The first-order valence-corrected chi connectivity index (χ1v) is 21.3. The van der Waals surface area contributed by atoms with Crippen molar-refractivity contribution >= 4 is 65.2 Å². The summed E-state index contributed by atoms with van der Waals surface area (Å²) in [4.78, 5) is 140. The van der Waals surface area contributed by atoms with Crippen LogP contribution in [-0.4, -0.2) is 140 Å². The van der Waals surface area contributed by atoms with Crippen LogP contribution in [0.4, 0.5) is 0 Å². The zero-order valence-corrected chi connectivity index (χ0v) is 38.3. The summed E-state index contributed by atoms with van der Waals surface area (Å²) in [5.74, 6) is -13.0. The standard InChI is InChI=1S/C42H65N9O15/c1-9-20(5)33(49-29(53)18-44-35(58)22(7)45-39(62)32(19(3)4)50-37(60)26(43)16-30(54)55)41(64)51-34(21(6)10-2)40(63)46-23(8)36(59)47-27(17-31(56)57)38(61)48-28(42(65)66)15-24-11-13-25(52)14-12-24/h11-14,19-23,26-28,32-34,52H,9-10,15-18,43H2,1-8H3,(H,44,58)(H,45,62)(H,46,63)(H,47,59)(H,48,61)(H,49,53)(H,50,60)(H,51,64)(H,54,55)(H,56,57)(H,65,66)/t20-,21-,22-,23-,26-,27-,28-,32-,33-,34-/m0/s1. The maximum absolute atomic E-state index is 13.7. The molecule has 66 heavy (non-hydrogen) atoms. The molecule has 24 nitrogen and oxygen atoms in total. The van der Waals surface area contributed by atoms with Crippen molar-refractivity contribution in [3.63, 3.8) is 0 Å². The molecule has 24 heteroatoms. The number of phenolic OH excluding ortho intramolecular Hbond substituents is 1. The Labute approximate surface area is 381 Å². The molecule has 0 radical (unpaired) electrons. The molecule has 1 rings (SSSR count). The molecule has 0 heterocycles. The number of hydrogen-bond donors (Lipinski definition) is 13. The van der Waals surface area contributed by atoms with Gasteiger partial charge in [-0.3, -0.25) is 47.9 Å². The molecule has 10 atom stereocenters. The molecule has 0 bridgehead atoms. The number of carboxylic acid groups (broad SMARTS) is 3. The van der Waals surface area contributed by atoms with Crippen molar-refractivity contribution in [3.05, 3.63) is 29.8 Å². The van der Waals surface area contributed by atoms with Crippen molar-refractivity contribution < 1.29 is 73.2 Å². The third kappa shape index (κ3) is 19.5. The van der Waals surface area contributed by atoms with Gasteiger partial charge < -0.3 is 68.7 Å². The van der Waals surface area contributed by atoms with E-state index in [1.165, 1.54) is 38.1 Å². The second-order valence-corrected chi connectivity index (χ2v) is 16.3. The Morgan fingerprint density at radius 1 is 0.530 bits per heavy atom. The Morgan fingerprint density at radius 2 is 0.985 bits per heavy atom. The molecule has 1 aromatic rings. The van der Waals surface area contributed by atoms with Gasteiger partial charge >= 0.3 is 17.9 Å². The van der Waals surface area contributed by atoms with E-state index in [-0.39, 0.29) is 12.2 Å². The number of aliphatic carboxylic acids is 3. The smallest absolute Gasteiger partial charge is 0.326 e. The van der Waals surface area contributed by atoms with Gasteiger partial charge in [-0.1, -0.05) is 66.5 Å². The average Bonchev–Trinajstić information content (AvgIpc) is 3.24. The molecule has 0 aliphatic heterocycles. The highest BCUT2D eigenvalue weighted by atomic mass is 16.4. The van der Waals surface area contributed by atoms with Gasteiger partial charge in [0.15, 0.2) is 0 Å². The van der Waals surface area contributed by atoms with Crippen LogP contribution in [0.15, 0.2) is 24.3 Å². The number of aromatic hydroxyl groups is 1. The Bertz CT molecular complexity index is 1910. The number of phenols is 1. The fraction of sp³-hybridized carbons (Fsp3) is 0.595. The second-order valence-electron chi connectivity index (χ2n) is 16.3. The summed E-state index contributed by atoms with van der Waals surface area (Å²) in [5.41, 5.74) is 6.01. The molecule has 0 saturated carbocycles. The monoisotopic (exact) mass is 935 g/mol. The van der Waals surface area contributed by atoms with E-state index in [2.05, 4.69) is 42.5 Å². The zero-order valence-electron chi connectivity index (χ0n) is 38.3. The summed E-state index contributed by atoms with van der Waals surface area (Å²) in [7, 11) is 0. The number of carbonyl (C=O) groups excluding carboxylic acids is 8. The average molecular weight is 936 g/mol. The van der Waals surface area contributed by atoms with Gasteiger partial charge in [-0.05, 0) is 49.3 Å². The number of carbonyl (C=O) groups is 11. The molecule has 0 unspecified atom stereocenters. The van der Waals surface area contributed by atoms with Crippen molar-refractivity contribution in [2.45, 2.75) is 136 Å². The van der Waals surface area contributed by atoms with Crippen LogP contribution in [0.3, 0.4) is 0 Å². The summed E-state index contributed by atoms with van der Waals surface area (Å²) in [6.07, 6.45) is -1.16. The van der Waals surface area contributed by atoms with Crippen molar-refractivity contribution in [1.82, 2.24) is 42.5 Å². The van der Waals surface area contributed by atoms with E-state index in [1.54, 1.807) is 41.5 Å². The molecule has 8 amide bonds. The third-order valence-electron chi connectivity index (χ3n) is 10.5. The van der Waals surface area contributed by atoms with Crippen LogP contribution in [0.25, 0.3) is 0 Å². The lowest BCUT2D eigenvalue weighted by molar-refractivity contribution is -0.143. The Hall–Kier alpha value is -6.85. The number of carboxylic acids is 3. The van der Waals surface area contributed by atoms with E-state index in [1.807, 2.05) is 0 Å². The third-order valence-corrected chi connectivity index (χ3v) is 10.5. The fourth-order valence-electron chi connectivity index (χ4n) is 6.03. The molecule has 0 saturated heterocycles. The van der Waals surface area contributed by atoms with Crippen LogP contribution in [0, 0.1) is 17.8 Å². The van der Waals surface area contributed by atoms with Crippen LogP contribution < -0.4 is 48.3 Å². The van der Waals surface area contributed by atoms with E-state index in [9.17, 15) is 68.1 Å². The Balaban J connectivity index is 3.02. The van der Waals surface area contributed by atoms with Crippen LogP contribution in [0.2, 0.25) is 0 Å². The molecule has 0 fully saturated rings. The lowest BCUT2D eigenvalue weighted by Gasteiger charge is -2.29. The highest BCUT2D eigenvalue weighted by molar-refractivity contribution is 5.98. The number of amides is 8. The van der Waals surface area contributed by atoms with Gasteiger partial charge in [0.2, 0.25) is 47.3 Å². The largest absolute Gasteiger partial charge is 0.508 e. The molecule has 0 aromatic heterocycles. The summed E-state index contributed by atoms with van der Waals surface area (Å²) >= 11 is 0. The second kappa shape index (κ2) is 27.5. The Kier molecular flexibility index (Phi) is 23.8. The lowest BCUT2D eigenvalue weighted by Crippen LogP contribution is -2.60. The zero-order chi connectivity index (χ0) is 50.6. The molecule has 1 aromatic carbocycles. The predicted octanol–water partition coefficient (Wildman–Crippen LogP) is -2.41. The summed E-state index contributed by atoms with van der Waals surface area (Å²) in [5, 5.41) is 56.8. The minimum atomic E-state index is -1.78. The van der Waals surface area contributed by atoms with Gasteiger partial charge in [0, 0.05) is 6.42 Å². The van der Waals surface area contributed by atoms with Gasteiger partial charge in [-0.2, -0.15) is 0 Å². The molecular weight excluding hydrogens is 871 g/mol. The summed E-state index contributed by atoms with van der Waals surface area (Å²) in [6.45, 7) is 11.8. The van der Waals surface area contributed by atoms with Crippen LogP contribution in [-0.2, 0) is 59.2 Å². The van der Waals surface area contributed by atoms with E-state index in [0.29, 0.717) is 18.4 Å². The Morgan fingerprint density at radius 3 is 1.47 bits per heavy atom. The highest BCUT2D eigenvalue weighted by Gasteiger charge is 2.35. The maximum atomic E-state index is 13.7. The number of hydrogen-bond acceptors (Lipinski definition) is 13. The first-order valence-electron chi connectivity index (χ1n) is 21.3.